The van der Waals surface area contributed by atoms with Crippen LogP contribution in [0.15, 0.2) is 0 Å². The van der Waals surface area contributed by atoms with E-state index in [4.69, 9.17) is 7.74 Å². The zero-order chi connectivity index (χ0) is 6.95. The Bertz CT molecular complexity index is 125. The Morgan fingerprint density at radius 1 is 1.11 bits per heavy atom. The fourth-order valence-electron chi connectivity index (χ4n) is 0.316. The summed E-state index contributed by atoms with van der Waals surface area (Å²) >= 11 is 0. The Labute approximate surface area is 60.6 Å². The first kappa shape index (κ1) is 9.25. The molecular formula is CH3B7O. The van der Waals surface area contributed by atoms with Crippen molar-refractivity contribution in [2.45, 2.75) is 0 Å². The third-order valence-corrected chi connectivity index (χ3v) is 0.659. The van der Waals surface area contributed by atoms with E-state index >= 15 is 0 Å². The molecule has 8 heteroatoms. The normalized spacial score (nSPS) is 6.78. The minimum atomic E-state index is 1.47. The molecule has 0 N–H and O–H groups in total. The van der Waals surface area contributed by atoms with E-state index in [1.165, 1.54) is 6.69 Å². The SMILES string of the molecule is [B]B=BB=BB=BOC. The van der Waals surface area contributed by atoms with Gasteiger partial charge in [-0.05, 0) is 0 Å². The summed E-state index contributed by atoms with van der Waals surface area (Å²) in [5.74, 6) is 0. The van der Waals surface area contributed by atoms with Crippen molar-refractivity contribution in [3.8, 4) is 0 Å². The van der Waals surface area contributed by atoms with Crippen LogP contribution in [0.5, 0.6) is 0 Å². The van der Waals surface area contributed by atoms with Gasteiger partial charge in [0, 0.05) is 0 Å². The summed E-state index contributed by atoms with van der Waals surface area (Å²) in [5, 5.41) is 0. The second-order valence-corrected chi connectivity index (χ2v) is 1.33. The van der Waals surface area contributed by atoms with Crippen LogP contribution in [0.3, 0.4) is 0 Å². The molecule has 1 nitrogen and oxygen atoms in total. The molecule has 0 spiro atoms. The van der Waals surface area contributed by atoms with Gasteiger partial charge in [-0.3, -0.25) is 0 Å². The number of hydrogen-bond acceptors (Lipinski definition) is 1. The maximum absolute atomic E-state index is 5.06. The summed E-state index contributed by atoms with van der Waals surface area (Å²) in [6, 6.07) is 0. The second-order valence-electron chi connectivity index (χ2n) is 1.33. The van der Waals surface area contributed by atoms with Gasteiger partial charge in [0.1, 0.15) is 0 Å². The molecule has 0 aliphatic carbocycles. The van der Waals surface area contributed by atoms with Crippen molar-refractivity contribution in [1.29, 1.82) is 0 Å². The van der Waals surface area contributed by atoms with Crippen LogP contribution in [0.25, 0.3) is 0 Å². The molecule has 0 amide bonds. The molecule has 34 valence electrons. The first-order valence-corrected chi connectivity index (χ1v) is 2.64. The van der Waals surface area contributed by atoms with E-state index in [0.29, 0.717) is 0 Å². The molecular weight excluding hydrogens is 104 g/mol. The summed E-state index contributed by atoms with van der Waals surface area (Å²) in [6.07, 6.45) is 0. The van der Waals surface area contributed by atoms with Crippen molar-refractivity contribution in [2.75, 3.05) is 7.11 Å². The standard InChI is InChI=1S/CH3B7O/c1-9-8-7-6-5-4-3-2/h1H3. The first-order valence-electron chi connectivity index (χ1n) is 2.64. The minimum absolute atomic E-state index is 1.47. The Balaban J connectivity index is 3.35. The molecule has 0 unspecified atom stereocenters. The van der Waals surface area contributed by atoms with Gasteiger partial charge in [-0.25, -0.2) is 0 Å². The Hall–Kier alpha value is 0.255. The van der Waals surface area contributed by atoms with Crippen LogP contribution in [-0.4, -0.2) is 55.3 Å². The molecule has 9 heavy (non-hydrogen) atoms. The molecule has 0 aromatic rings. The molecule has 0 aromatic heterocycles. The van der Waals surface area contributed by atoms with E-state index in [-0.39, 0.29) is 0 Å². The van der Waals surface area contributed by atoms with Gasteiger partial charge in [-0.1, -0.05) is 0 Å². The molecule has 0 aliphatic heterocycles. The molecule has 0 atom stereocenters. The maximum atomic E-state index is 5.06. The van der Waals surface area contributed by atoms with Crippen LogP contribution < -0.4 is 0 Å². The third kappa shape index (κ3) is 8.25. The average molecular weight is 107 g/mol. The van der Waals surface area contributed by atoms with Gasteiger partial charge in [-0.2, -0.15) is 0 Å². The van der Waals surface area contributed by atoms with Gasteiger partial charge in [0.2, 0.25) is 0 Å². The Morgan fingerprint density at radius 3 is 2.33 bits per heavy atom. The molecule has 0 fully saturated rings. The molecule has 2 radical (unpaired) electrons. The zero-order valence-electron chi connectivity index (χ0n) is 5.45. The van der Waals surface area contributed by atoms with Crippen molar-refractivity contribution in [2.24, 2.45) is 0 Å². The fraction of sp³-hybridized carbons (Fsp3) is 1.00. The van der Waals surface area contributed by atoms with E-state index in [0.717, 1.165) is 0 Å². The van der Waals surface area contributed by atoms with Crippen molar-refractivity contribution >= 4 is 48.2 Å². The molecule has 0 saturated heterocycles. The Kier molecular flexibility index (Phi) is 8.49. The predicted molar refractivity (Wildman–Crippen MR) is 47.3 cm³/mol. The third-order valence-electron chi connectivity index (χ3n) is 0.659. The van der Waals surface area contributed by atoms with E-state index in [2.05, 4.69) is 4.65 Å². The van der Waals surface area contributed by atoms with Crippen LogP contribution in [0.4, 0.5) is 0 Å². The van der Waals surface area contributed by atoms with Crippen molar-refractivity contribution in [1.82, 2.24) is 0 Å². The molecule has 0 aliphatic rings. The molecule has 0 heterocycles. The van der Waals surface area contributed by atoms with E-state index in [1.54, 1.807) is 27.5 Å². The van der Waals surface area contributed by atoms with Crippen LogP contribution in [0.1, 0.15) is 0 Å². The van der Waals surface area contributed by atoms with Gasteiger partial charge in [-0.15, -0.1) is 0 Å². The summed E-state index contributed by atoms with van der Waals surface area (Å²) < 4.78 is 4.63. The van der Waals surface area contributed by atoms with Crippen LogP contribution in [-0.2, 0) is 4.65 Å². The average Bonchev–Trinajstić information content (AvgIpc) is 1.89. The van der Waals surface area contributed by atoms with Crippen LogP contribution in [0, 0.1) is 0 Å². The van der Waals surface area contributed by atoms with Gasteiger partial charge in [0.05, 0.1) is 0 Å². The van der Waals surface area contributed by atoms with Crippen molar-refractivity contribution in [3.63, 3.8) is 0 Å². The van der Waals surface area contributed by atoms with Gasteiger partial charge in [0.15, 0.2) is 0 Å². The van der Waals surface area contributed by atoms with Crippen molar-refractivity contribution < 1.29 is 4.65 Å². The predicted octanol–water partition coefficient (Wildman–Crippen LogP) is -2.57. The van der Waals surface area contributed by atoms with Crippen LogP contribution >= 0.6 is 0 Å². The molecule has 0 bridgehead atoms. The van der Waals surface area contributed by atoms with E-state index in [1.807, 2.05) is 13.4 Å². The monoisotopic (exact) mass is 108 g/mol. The second kappa shape index (κ2) is 8.25. The first-order chi connectivity index (χ1) is 4.41. The summed E-state index contributed by atoms with van der Waals surface area (Å²) in [5.41, 5.74) is 0. The summed E-state index contributed by atoms with van der Waals surface area (Å²) in [4.78, 5) is 0. The zero-order valence-corrected chi connectivity index (χ0v) is 5.45. The molecule has 0 saturated carbocycles. The van der Waals surface area contributed by atoms with Gasteiger partial charge in [0.25, 0.3) is 0 Å². The van der Waals surface area contributed by atoms with Gasteiger partial charge >= 0.3 is 60.0 Å². The van der Waals surface area contributed by atoms with Crippen molar-refractivity contribution in [3.05, 3.63) is 0 Å². The molecule has 0 aromatic carbocycles. The van der Waals surface area contributed by atoms with E-state index < -0.39 is 0 Å². The van der Waals surface area contributed by atoms with Crippen LogP contribution in [0.2, 0.25) is 0 Å². The molecule has 0 rings (SSSR count). The van der Waals surface area contributed by atoms with E-state index in [9.17, 15) is 0 Å². The number of hydrogen-bond donors (Lipinski definition) is 0. The fourth-order valence-corrected chi connectivity index (χ4v) is 0.316. The summed E-state index contributed by atoms with van der Waals surface area (Å²) in [7, 11) is 8.24. The Morgan fingerprint density at radius 2 is 1.78 bits per heavy atom. The number of rotatable bonds is 3. The quantitative estimate of drug-likeness (QED) is 0.360. The summed E-state index contributed by atoms with van der Waals surface area (Å²) in [6.45, 7) is 8.62. The van der Waals surface area contributed by atoms with Gasteiger partial charge < -0.3 is 0 Å². The topological polar surface area (TPSA) is 9.23 Å².